The maximum atomic E-state index is 12.7. The van der Waals surface area contributed by atoms with Crippen LogP contribution in [0.5, 0.6) is 0 Å². The van der Waals surface area contributed by atoms with Crippen molar-refractivity contribution in [3.63, 3.8) is 0 Å². The smallest absolute Gasteiger partial charge is 0.293 e. The Kier molecular flexibility index (Phi) is 7.04. The average Bonchev–Trinajstić information content (AvgIpc) is 2.76. The summed E-state index contributed by atoms with van der Waals surface area (Å²) >= 11 is 0. The van der Waals surface area contributed by atoms with Crippen molar-refractivity contribution in [2.24, 2.45) is 0 Å². The normalized spacial score (nSPS) is 15.5. The minimum absolute atomic E-state index is 0.0144. The van der Waals surface area contributed by atoms with E-state index < -0.39 is 0 Å². The van der Waals surface area contributed by atoms with Crippen LogP contribution in [0.15, 0.2) is 48.8 Å². The maximum Gasteiger partial charge on any atom is 0.293 e. The molecule has 2 heterocycles. The molecule has 0 saturated carbocycles. The fourth-order valence-electron chi connectivity index (χ4n) is 3.70. The molecule has 1 aliphatic heterocycles. The minimum Gasteiger partial charge on any atom is -0.378 e. The van der Waals surface area contributed by atoms with E-state index in [4.69, 9.17) is 4.74 Å². The molecule has 150 valence electrons. The van der Waals surface area contributed by atoms with Crippen molar-refractivity contribution in [1.29, 1.82) is 0 Å². The summed E-state index contributed by atoms with van der Waals surface area (Å²) < 4.78 is 7.36. The van der Waals surface area contributed by atoms with E-state index in [0.29, 0.717) is 5.92 Å². The average molecular weight is 383 g/mol. The Morgan fingerprint density at radius 3 is 2.25 bits per heavy atom. The third kappa shape index (κ3) is 4.90. The zero-order valence-electron chi connectivity index (χ0n) is 17.2. The first-order valence-corrected chi connectivity index (χ1v) is 10.4. The van der Waals surface area contributed by atoms with E-state index in [1.54, 1.807) is 0 Å². The van der Waals surface area contributed by atoms with E-state index >= 15 is 0 Å². The summed E-state index contributed by atoms with van der Waals surface area (Å²) in [6.07, 6.45) is 6.30. The molecule has 1 atom stereocenters. The predicted octanol–water partition coefficient (Wildman–Crippen LogP) is 3.91. The quantitative estimate of drug-likeness (QED) is 0.739. The molecule has 1 aliphatic rings. The van der Waals surface area contributed by atoms with Gasteiger partial charge in [0.25, 0.3) is 5.91 Å². The van der Waals surface area contributed by atoms with Crippen LogP contribution in [0.2, 0.25) is 0 Å². The fourth-order valence-corrected chi connectivity index (χ4v) is 3.70. The van der Waals surface area contributed by atoms with Gasteiger partial charge < -0.3 is 15.0 Å². The topological polar surface area (TPSA) is 45.5 Å². The van der Waals surface area contributed by atoms with E-state index in [0.717, 1.165) is 44.8 Å². The molecular formula is C23H32N3O2+. The summed E-state index contributed by atoms with van der Waals surface area (Å²) in [4.78, 5) is 15.0. The highest BCUT2D eigenvalue weighted by Crippen LogP contribution is 2.22. The summed E-state index contributed by atoms with van der Waals surface area (Å²) in [6, 6.07) is 12.1. The van der Waals surface area contributed by atoms with Crippen molar-refractivity contribution >= 4 is 17.3 Å². The number of nitrogens with one attached hydrogen (secondary N) is 1. The van der Waals surface area contributed by atoms with Gasteiger partial charge in [0.1, 0.15) is 0 Å². The van der Waals surface area contributed by atoms with E-state index in [-0.39, 0.29) is 11.9 Å². The van der Waals surface area contributed by atoms with Crippen LogP contribution in [0, 0.1) is 0 Å². The molecule has 0 aliphatic carbocycles. The number of benzene rings is 1. The van der Waals surface area contributed by atoms with E-state index in [1.165, 1.54) is 11.3 Å². The Bertz CT molecular complexity index is 748. The second-order valence-corrected chi connectivity index (χ2v) is 7.40. The number of anilines is 2. The van der Waals surface area contributed by atoms with Gasteiger partial charge in [-0.05, 0) is 48.6 Å². The number of nitrogens with zero attached hydrogens (tertiary/aromatic N) is 2. The number of morpholine rings is 1. The van der Waals surface area contributed by atoms with Crippen LogP contribution < -0.4 is 14.8 Å². The molecule has 28 heavy (non-hydrogen) atoms. The number of carbonyl (C=O) groups excluding carboxylic acids is 1. The van der Waals surface area contributed by atoms with Crippen molar-refractivity contribution in [3.8, 4) is 0 Å². The van der Waals surface area contributed by atoms with Crippen LogP contribution in [-0.2, 0) is 9.53 Å². The number of amides is 1. The predicted molar refractivity (Wildman–Crippen MR) is 113 cm³/mol. The van der Waals surface area contributed by atoms with Gasteiger partial charge in [0.15, 0.2) is 12.4 Å². The third-order valence-electron chi connectivity index (χ3n) is 5.67. The summed E-state index contributed by atoms with van der Waals surface area (Å²) in [5.74, 6) is 0.572. The van der Waals surface area contributed by atoms with Gasteiger partial charge in [-0.15, -0.1) is 0 Å². The third-order valence-corrected chi connectivity index (χ3v) is 5.67. The van der Waals surface area contributed by atoms with Gasteiger partial charge in [0.05, 0.1) is 13.2 Å². The highest BCUT2D eigenvalue weighted by molar-refractivity contribution is 5.92. The minimum atomic E-state index is -0.269. The zero-order valence-corrected chi connectivity index (χ0v) is 17.2. The highest BCUT2D eigenvalue weighted by Gasteiger charge is 2.22. The molecule has 1 saturated heterocycles. The second kappa shape index (κ2) is 9.69. The monoisotopic (exact) mass is 382 g/mol. The first-order valence-electron chi connectivity index (χ1n) is 10.4. The lowest BCUT2D eigenvalue weighted by Gasteiger charge is -2.28. The number of aromatic nitrogens is 1. The second-order valence-electron chi connectivity index (χ2n) is 7.40. The Morgan fingerprint density at radius 1 is 1.07 bits per heavy atom. The van der Waals surface area contributed by atoms with Gasteiger partial charge in [-0.3, -0.25) is 4.79 Å². The largest absolute Gasteiger partial charge is 0.378 e. The van der Waals surface area contributed by atoms with Gasteiger partial charge >= 0.3 is 0 Å². The van der Waals surface area contributed by atoms with Crippen molar-refractivity contribution in [2.45, 2.75) is 45.6 Å². The summed E-state index contributed by atoms with van der Waals surface area (Å²) in [5.41, 5.74) is 3.33. The summed E-state index contributed by atoms with van der Waals surface area (Å²) in [6.45, 7) is 9.71. The van der Waals surface area contributed by atoms with Crippen LogP contribution in [0.4, 0.5) is 11.4 Å². The standard InChI is InChI=1S/C23H31N3O2/c1-4-19(5-2)20-10-12-25(13-11-20)18(3)23(27)24-21-6-8-22(9-7-21)26-14-16-28-17-15-26/h6-13,18-19H,4-5,14-17H2,1-3H3/p+1/t18-/m1/s1. The highest BCUT2D eigenvalue weighted by atomic mass is 16.5. The van der Waals surface area contributed by atoms with Crippen LogP contribution >= 0.6 is 0 Å². The Labute approximate surface area is 168 Å². The molecule has 0 unspecified atom stereocenters. The van der Waals surface area contributed by atoms with Gasteiger partial charge in [-0.2, -0.15) is 4.57 Å². The number of hydrogen-bond acceptors (Lipinski definition) is 3. The molecule has 5 nitrogen and oxygen atoms in total. The lowest BCUT2D eigenvalue weighted by molar-refractivity contribution is -0.705. The number of pyridine rings is 1. The molecule has 5 heteroatoms. The molecule has 2 aromatic rings. The molecule has 0 radical (unpaired) electrons. The molecule has 1 amide bonds. The molecule has 1 N–H and O–H groups in total. The Hall–Kier alpha value is -2.40. The molecular weight excluding hydrogens is 350 g/mol. The van der Waals surface area contributed by atoms with Gasteiger partial charge in [0, 0.05) is 43.5 Å². The summed E-state index contributed by atoms with van der Waals surface area (Å²) in [5, 5.41) is 3.03. The van der Waals surface area contributed by atoms with Crippen molar-refractivity contribution in [1.82, 2.24) is 0 Å². The summed E-state index contributed by atoms with van der Waals surface area (Å²) in [7, 11) is 0. The lowest BCUT2D eigenvalue weighted by Crippen LogP contribution is -2.44. The van der Waals surface area contributed by atoms with Crippen molar-refractivity contribution < 1.29 is 14.1 Å². The molecule has 1 fully saturated rings. The fraction of sp³-hybridized carbons (Fsp3) is 0.478. The molecule has 0 spiro atoms. The van der Waals surface area contributed by atoms with Gasteiger partial charge in [-0.1, -0.05) is 13.8 Å². The molecule has 0 bridgehead atoms. The van der Waals surface area contributed by atoms with Crippen molar-refractivity contribution in [3.05, 3.63) is 54.4 Å². The number of hydrogen-bond donors (Lipinski definition) is 1. The van der Waals surface area contributed by atoms with E-state index in [9.17, 15) is 4.79 Å². The SMILES string of the molecule is CCC(CC)c1cc[n+]([C@H](C)C(=O)Nc2ccc(N3CCOCC3)cc2)cc1. The lowest BCUT2D eigenvalue weighted by atomic mass is 9.95. The first kappa shape index (κ1) is 20.3. The van der Waals surface area contributed by atoms with Crippen LogP contribution in [0.25, 0.3) is 0 Å². The van der Waals surface area contributed by atoms with Crippen LogP contribution in [-0.4, -0.2) is 32.2 Å². The van der Waals surface area contributed by atoms with E-state index in [1.807, 2.05) is 36.0 Å². The van der Waals surface area contributed by atoms with Crippen molar-refractivity contribution in [2.75, 3.05) is 36.5 Å². The molecule has 3 rings (SSSR count). The molecule has 1 aromatic heterocycles. The number of ether oxygens (including phenoxy) is 1. The number of carbonyl (C=O) groups is 1. The first-order chi connectivity index (χ1) is 13.6. The van der Waals surface area contributed by atoms with Crippen LogP contribution in [0.1, 0.15) is 51.1 Å². The molecule has 1 aromatic carbocycles. The van der Waals surface area contributed by atoms with Gasteiger partial charge in [0.2, 0.25) is 6.04 Å². The van der Waals surface area contributed by atoms with Gasteiger partial charge in [-0.25, -0.2) is 0 Å². The Balaban J connectivity index is 1.60. The maximum absolute atomic E-state index is 12.7. The van der Waals surface area contributed by atoms with E-state index in [2.05, 4.69) is 48.3 Å². The number of rotatable bonds is 7. The Morgan fingerprint density at radius 2 is 1.68 bits per heavy atom. The van der Waals surface area contributed by atoms with Crippen LogP contribution in [0.3, 0.4) is 0 Å². The zero-order chi connectivity index (χ0) is 19.9.